The molecule has 0 aliphatic carbocycles. The van der Waals surface area contributed by atoms with Gasteiger partial charge in [0.2, 0.25) is 5.91 Å². The number of rotatable bonds is 8. The Hall–Kier alpha value is -3.24. The number of unbranched alkanes of at least 4 members (excludes halogenated alkanes) is 2. The number of aromatic amines is 1. The third-order valence-electron chi connectivity index (χ3n) is 7.22. The number of fused-ring (bicyclic) bond motifs is 1. The van der Waals surface area contributed by atoms with Crippen LogP contribution in [0.15, 0.2) is 47.4 Å². The summed E-state index contributed by atoms with van der Waals surface area (Å²) in [6.07, 6.45) is 4.80. The minimum atomic E-state index is -0.0595. The van der Waals surface area contributed by atoms with Crippen LogP contribution in [0.1, 0.15) is 25.7 Å². The molecule has 0 unspecified atom stereocenters. The quantitative estimate of drug-likeness (QED) is 0.359. The first kappa shape index (κ1) is 25.4. The zero-order valence-corrected chi connectivity index (χ0v) is 21.9. The first-order valence-corrected chi connectivity index (χ1v) is 13.5. The predicted molar refractivity (Wildman–Crippen MR) is 148 cm³/mol. The lowest BCUT2D eigenvalue weighted by molar-refractivity contribution is -0.131. The van der Waals surface area contributed by atoms with Gasteiger partial charge in [-0.05, 0) is 55.4 Å². The fourth-order valence-electron chi connectivity index (χ4n) is 5.07. The molecule has 10 heteroatoms. The number of piperazine rings is 1. The average molecular weight is 523 g/mol. The molecule has 1 aromatic carbocycles. The maximum absolute atomic E-state index is 13.3. The van der Waals surface area contributed by atoms with Crippen molar-refractivity contribution < 1.29 is 9.53 Å². The summed E-state index contributed by atoms with van der Waals surface area (Å²) in [5, 5.41) is 0.651. The zero-order chi connectivity index (χ0) is 25.6. The van der Waals surface area contributed by atoms with Gasteiger partial charge in [-0.3, -0.25) is 14.2 Å². The molecule has 0 saturated carbocycles. The minimum Gasteiger partial charge on any atom is -0.378 e. The lowest BCUT2D eigenvalue weighted by atomic mass is 10.1. The normalized spacial score (nSPS) is 16.4. The number of hydrogen-bond donors (Lipinski definition) is 1. The van der Waals surface area contributed by atoms with Gasteiger partial charge in [0.15, 0.2) is 4.77 Å². The van der Waals surface area contributed by atoms with E-state index >= 15 is 0 Å². The molecule has 4 heterocycles. The molecule has 196 valence electrons. The fraction of sp³-hybridized carbons (Fsp3) is 0.481. The van der Waals surface area contributed by atoms with Crippen molar-refractivity contribution in [1.82, 2.24) is 19.4 Å². The van der Waals surface area contributed by atoms with Crippen molar-refractivity contribution in [1.29, 1.82) is 0 Å². The number of anilines is 2. The largest absolute Gasteiger partial charge is 0.378 e. The summed E-state index contributed by atoms with van der Waals surface area (Å²) in [5.41, 5.74) is 1.73. The average Bonchev–Trinajstić information content (AvgIpc) is 2.95. The van der Waals surface area contributed by atoms with Gasteiger partial charge in [0.25, 0.3) is 5.56 Å². The molecule has 0 spiro atoms. The third-order valence-corrected chi connectivity index (χ3v) is 7.54. The molecule has 1 N–H and O–H groups in total. The number of morpholine rings is 1. The van der Waals surface area contributed by atoms with Crippen LogP contribution in [0.25, 0.3) is 10.9 Å². The van der Waals surface area contributed by atoms with Crippen molar-refractivity contribution in [3.8, 4) is 0 Å². The van der Waals surface area contributed by atoms with Crippen LogP contribution in [-0.2, 0) is 16.1 Å². The number of ether oxygens (including phenoxy) is 1. The van der Waals surface area contributed by atoms with Crippen LogP contribution in [0.3, 0.4) is 0 Å². The maximum Gasteiger partial charge on any atom is 0.262 e. The molecule has 9 nitrogen and oxygen atoms in total. The van der Waals surface area contributed by atoms with Gasteiger partial charge in [-0.2, -0.15) is 0 Å². The summed E-state index contributed by atoms with van der Waals surface area (Å²) in [4.78, 5) is 40.0. The van der Waals surface area contributed by atoms with Crippen LogP contribution < -0.4 is 15.4 Å². The van der Waals surface area contributed by atoms with Gasteiger partial charge < -0.3 is 24.4 Å². The van der Waals surface area contributed by atoms with Crippen LogP contribution in [0.2, 0.25) is 0 Å². The van der Waals surface area contributed by atoms with E-state index in [-0.39, 0.29) is 11.5 Å². The summed E-state index contributed by atoms with van der Waals surface area (Å²) in [6.45, 7) is 6.64. The molecule has 1 amide bonds. The molecule has 2 aliphatic heterocycles. The Morgan fingerprint density at radius 1 is 0.973 bits per heavy atom. The van der Waals surface area contributed by atoms with Gasteiger partial charge in [-0.1, -0.05) is 12.5 Å². The van der Waals surface area contributed by atoms with Gasteiger partial charge in [-0.15, -0.1) is 0 Å². The molecule has 3 aromatic rings. The van der Waals surface area contributed by atoms with E-state index in [1.165, 1.54) is 0 Å². The number of nitrogens with zero attached hydrogens (tertiary/aromatic N) is 5. The molecular formula is C27H34N6O3S. The Labute approximate surface area is 221 Å². The summed E-state index contributed by atoms with van der Waals surface area (Å²) in [6, 6.07) is 11.8. The second-order valence-corrected chi connectivity index (χ2v) is 9.97. The third kappa shape index (κ3) is 6.02. The van der Waals surface area contributed by atoms with E-state index in [1.807, 2.05) is 41.3 Å². The van der Waals surface area contributed by atoms with Gasteiger partial charge >= 0.3 is 0 Å². The van der Waals surface area contributed by atoms with Crippen molar-refractivity contribution in [2.24, 2.45) is 0 Å². The van der Waals surface area contributed by atoms with Gasteiger partial charge in [0.1, 0.15) is 5.82 Å². The second kappa shape index (κ2) is 11.9. The SMILES string of the molecule is O=C(CCCCCn1c(=S)[nH]c2ccc(N3CCOCC3)cc2c1=O)N1CCN(c2ccccn2)CC1. The van der Waals surface area contributed by atoms with E-state index in [0.29, 0.717) is 36.3 Å². The molecule has 5 rings (SSSR count). The number of carbonyl (C=O) groups excluding carboxylic acids is 1. The monoisotopic (exact) mass is 522 g/mol. The van der Waals surface area contributed by atoms with Crippen molar-refractivity contribution in [3.05, 3.63) is 57.7 Å². The standard InChI is InChI=1S/C27H34N6O3S/c34-25(32-14-12-31(13-15-32)24-6-3-4-10-28-24)7-2-1-5-11-33-26(35)22-20-21(30-16-18-36-19-17-30)8-9-23(22)29-27(33)37/h3-4,6,8-10,20H,1-2,5,7,11-19H2,(H,29,37). The van der Waals surface area contributed by atoms with Crippen LogP contribution in [0.4, 0.5) is 11.5 Å². The lowest BCUT2D eigenvalue weighted by Gasteiger charge is -2.35. The summed E-state index contributed by atoms with van der Waals surface area (Å²) >= 11 is 5.49. The first-order chi connectivity index (χ1) is 18.1. The summed E-state index contributed by atoms with van der Waals surface area (Å²) < 4.78 is 7.54. The molecule has 0 bridgehead atoms. The van der Waals surface area contributed by atoms with Crippen molar-refractivity contribution >= 4 is 40.5 Å². The van der Waals surface area contributed by atoms with Gasteiger partial charge in [0, 0.05) is 64.1 Å². The summed E-state index contributed by atoms with van der Waals surface area (Å²) in [5.74, 6) is 1.17. The minimum absolute atomic E-state index is 0.0595. The number of amides is 1. The number of benzene rings is 1. The number of carbonyl (C=O) groups is 1. The van der Waals surface area contributed by atoms with Crippen LogP contribution in [-0.4, -0.2) is 77.8 Å². The summed E-state index contributed by atoms with van der Waals surface area (Å²) in [7, 11) is 0. The molecule has 2 fully saturated rings. The smallest absolute Gasteiger partial charge is 0.262 e. The maximum atomic E-state index is 13.3. The number of H-pyrrole nitrogens is 1. The highest BCUT2D eigenvalue weighted by Crippen LogP contribution is 2.20. The molecule has 2 aromatic heterocycles. The highest BCUT2D eigenvalue weighted by molar-refractivity contribution is 7.71. The predicted octanol–water partition coefficient (Wildman–Crippen LogP) is 3.20. The number of hydrogen-bond acceptors (Lipinski definition) is 7. The van der Waals surface area contributed by atoms with Crippen molar-refractivity contribution in [3.63, 3.8) is 0 Å². The fourth-order valence-corrected chi connectivity index (χ4v) is 5.35. The Bertz CT molecular complexity index is 1330. The van der Waals surface area contributed by atoms with E-state index in [4.69, 9.17) is 17.0 Å². The van der Waals surface area contributed by atoms with E-state index in [9.17, 15) is 9.59 Å². The second-order valence-electron chi connectivity index (χ2n) is 9.58. The molecule has 2 saturated heterocycles. The van der Waals surface area contributed by atoms with E-state index in [2.05, 4.69) is 19.8 Å². The van der Waals surface area contributed by atoms with Crippen LogP contribution >= 0.6 is 12.2 Å². The Balaban J connectivity index is 1.11. The number of aromatic nitrogens is 3. The highest BCUT2D eigenvalue weighted by Gasteiger charge is 2.21. The van der Waals surface area contributed by atoms with Crippen molar-refractivity contribution in [2.75, 3.05) is 62.3 Å². The van der Waals surface area contributed by atoms with Crippen LogP contribution in [0, 0.1) is 4.77 Å². The van der Waals surface area contributed by atoms with Gasteiger partial charge in [0.05, 0.1) is 24.1 Å². The van der Waals surface area contributed by atoms with E-state index in [0.717, 1.165) is 75.6 Å². The molecular weight excluding hydrogens is 488 g/mol. The zero-order valence-electron chi connectivity index (χ0n) is 21.1. The van der Waals surface area contributed by atoms with E-state index < -0.39 is 0 Å². The van der Waals surface area contributed by atoms with Crippen LogP contribution in [0.5, 0.6) is 0 Å². The number of pyridine rings is 1. The van der Waals surface area contributed by atoms with E-state index in [1.54, 1.807) is 10.8 Å². The Morgan fingerprint density at radius 3 is 2.54 bits per heavy atom. The topological polar surface area (TPSA) is 86.7 Å². The molecule has 0 atom stereocenters. The molecule has 37 heavy (non-hydrogen) atoms. The lowest BCUT2D eigenvalue weighted by Crippen LogP contribution is -2.49. The van der Waals surface area contributed by atoms with Gasteiger partial charge in [-0.25, -0.2) is 4.98 Å². The Kier molecular flexibility index (Phi) is 8.15. The molecule has 0 radical (unpaired) electrons. The first-order valence-electron chi connectivity index (χ1n) is 13.1. The highest BCUT2D eigenvalue weighted by atomic mass is 32.1. The number of nitrogens with one attached hydrogen (secondary N) is 1. The Morgan fingerprint density at radius 2 is 1.78 bits per heavy atom. The van der Waals surface area contributed by atoms with Crippen molar-refractivity contribution in [2.45, 2.75) is 32.2 Å². The molecule has 2 aliphatic rings.